The van der Waals surface area contributed by atoms with Gasteiger partial charge in [-0.3, -0.25) is 4.57 Å². The molecule has 1 aliphatic heterocycles. The van der Waals surface area contributed by atoms with Crippen molar-refractivity contribution in [2.45, 2.75) is 43.9 Å². The third-order valence-electron chi connectivity index (χ3n) is 3.49. The van der Waals surface area contributed by atoms with Crippen LogP contribution < -0.4 is 5.32 Å². The maximum atomic E-state index is 10.8. The van der Waals surface area contributed by atoms with Crippen LogP contribution in [0, 0.1) is 5.92 Å². The normalized spacial score (nSPS) is 31.8. The summed E-state index contributed by atoms with van der Waals surface area (Å²) in [6.07, 6.45) is 1.23. The maximum Gasteiger partial charge on any atom is 0.325 e. The highest BCUT2D eigenvalue weighted by Gasteiger charge is 2.40. The molecule has 1 heterocycles. The van der Waals surface area contributed by atoms with E-state index in [2.05, 4.69) is 5.32 Å². The average molecular weight is 291 g/mol. The van der Waals surface area contributed by atoms with Crippen LogP contribution in [0.2, 0.25) is 0 Å². The lowest BCUT2D eigenvalue weighted by Gasteiger charge is -2.18. The van der Waals surface area contributed by atoms with Crippen molar-refractivity contribution in [1.82, 2.24) is 5.32 Å². The van der Waals surface area contributed by atoms with Crippen LogP contribution in [0.5, 0.6) is 0 Å². The Hall–Kier alpha value is 0.0949. The number of rotatable bonds is 8. The lowest BCUT2D eigenvalue weighted by atomic mass is 9.81. The van der Waals surface area contributed by atoms with Gasteiger partial charge in [0, 0.05) is 11.9 Å². The zero-order chi connectivity index (χ0) is 14.5. The summed E-state index contributed by atoms with van der Waals surface area (Å²) in [5, 5.41) is 13.1. The second-order valence-electron chi connectivity index (χ2n) is 5.07. The van der Waals surface area contributed by atoms with Crippen LogP contribution in [0.25, 0.3) is 0 Å². The molecule has 0 saturated carbocycles. The summed E-state index contributed by atoms with van der Waals surface area (Å²) in [5.74, 6) is -0.154. The average Bonchev–Trinajstić information content (AvgIpc) is 2.58. The number of hydrogen-bond donors (Lipinski definition) is 4. The van der Waals surface area contributed by atoms with Gasteiger partial charge in [-0.25, -0.2) is 0 Å². The molecule has 0 bridgehead atoms. The first-order chi connectivity index (χ1) is 8.85. The van der Waals surface area contributed by atoms with Crippen molar-refractivity contribution in [2.75, 3.05) is 19.8 Å². The molecular formula is C11H23BNO5P. The zero-order valence-electron chi connectivity index (χ0n) is 11.2. The van der Waals surface area contributed by atoms with Gasteiger partial charge in [0.15, 0.2) is 0 Å². The van der Waals surface area contributed by atoms with Gasteiger partial charge >= 0.3 is 7.60 Å². The van der Waals surface area contributed by atoms with E-state index >= 15 is 0 Å². The maximum absolute atomic E-state index is 10.8. The van der Waals surface area contributed by atoms with Gasteiger partial charge in [0.1, 0.15) is 7.85 Å². The minimum absolute atomic E-state index is 0.131. The van der Waals surface area contributed by atoms with E-state index in [1.165, 1.54) is 0 Å². The molecule has 110 valence electrons. The third kappa shape index (κ3) is 5.94. The molecule has 4 atom stereocenters. The molecule has 19 heavy (non-hydrogen) atoms. The molecule has 0 aromatic carbocycles. The van der Waals surface area contributed by atoms with Crippen molar-refractivity contribution in [3.05, 3.63) is 0 Å². The van der Waals surface area contributed by atoms with Crippen LogP contribution in [-0.2, 0) is 9.30 Å². The Kier molecular flexibility index (Phi) is 7.01. The molecule has 6 nitrogen and oxygen atoms in total. The molecule has 0 aromatic rings. The Morgan fingerprint density at radius 3 is 2.58 bits per heavy atom. The summed E-state index contributed by atoms with van der Waals surface area (Å²) in [4.78, 5) is 17.7. The van der Waals surface area contributed by atoms with Crippen molar-refractivity contribution in [2.24, 2.45) is 5.92 Å². The summed E-state index contributed by atoms with van der Waals surface area (Å²) >= 11 is 0. The Morgan fingerprint density at radius 2 is 2.00 bits per heavy atom. The molecule has 4 N–H and O–H groups in total. The van der Waals surface area contributed by atoms with Gasteiger partial charge in [0.25, 0.3) is 0 Å². The van der Waals surface area contributed by atoms with Gasteiger partial charge in [-0.1, -0.05) is 6.42 Å². The fourth-order valence-corrected chi connectivity index (χ4v) is 3.00. The highest BCUT2D eigenvalue weighted by Crippen LogP contribution is 2.38. The van der Waals surface area contributed by atoms with Gasteiger partial charge in [0.05, 0.1) is 18.4 Å². The summed E-state index contributed by atoms with van der Waals surface area (Å²) in [6.45, 7) is 0.917. The van der Waals surface area contributed by atoms with E-state index in [4.69, 9.17) is 22.4 Å². The van der Waals surface area contributed by atoms with E-state index in [9.17, 15) is 9.67 Å². The summed E-state index contributed by atoms with van der Waals surface area (Å²) < 4.78 is 16.2. The number of aliphatic hydroxyl groups is 1. The van der Waals surface area contributed by atoms with Crippen LogP contribution in [0.3, 0.4) is 0 Å². The fourth-order valence-electron chi connectivity index (χ4n) is 2.40. The SMILES string of the molecule is [B][C@@H]1O[C@H](CCP(=O)(O)O)C(O)C1CCCCNC. The quantitative estimate of drug-likeness (QED) is 0.281. The zero-order valence-corrected chi connectivity index (χ0v) is 12.1. The summed E-state index contributed by atoms with van der Waals surface area (Å²) in [6, 6.07) is -0.550. The lowest BCUT2D eigenvalue weighted by Crippen LogP contribution is -2.28. The highest BCUT2D eigenvalue weighted by molar-refractivity contribution is 7.51. The molecule has 1 fully saturated rings. The van der Waals surface area contributed by atoms with Crippen molar-refractivity contribution < 1.29 is 24.2 Å². The van der Waals surface area contributed by atoms with Gasteiger partial charge in [-0.05, 0) is 32.9 Å². The molecule has 1 rings (SSSR count). The Balaban J connectivity index is 2.37. The van der Waals surface area contributed by atoms with Crippen LogP contribution in [0.1, 0.15) is 25.7 Å². The summed E-state index contributed by atoms with van der Waals surface area (Å²) in [7, 11) is 3.65. The topological polar surface area (TPSA) is 99.0 Å². The molecule has 2 radical (unpaired) electrons. The first kappa shape index (κ1) is 17.1. The van der Waals surface area contributed by atoms with E-state index < -0.39 is 25.8 Å². The molecule has 0 spiro atoms. The molecule has 1 aliphatic rings. The van der Waals surface area contributed by atoms with Crippen LogP contribution in [0.15, 0.2) is 0 Å². The van der Waals surface area contributed by atoms with Crippen LogP contribution >= 0.6 is 7.60 Å². The van der Waals surface area contributed by atoms with Crippen molar-refractivity contribution in [1.29, 1.82) is 0 Å². The molecule has 0 amide bonds. The molecule has 0 aromatic heterocycles. The Bertz CT molecular complexity index is 313. The standard InChI is InChI=1S/C11H23BNO5P/c1-13-6-3-2-4-8-10(14)9(18-11(8)12)5-7-19(15,16)17/h8-11,13-14H,2-7H2,1H3,(H2,15,16,17)/t8?,9-,10?,11-/m1/s1. The van der Waals surface area contributed by atoms with Gasteiger partial charge < -0.3 is 24.9 Å². The molecule has 1 saturated heterocycles. The Labute approximate surface area is 115 Å². The number of hydrogen-bond acceptors (Lipinski definition) is 4. The van der Waals surface area contributed by atoms with Gasteiger partial charge in [-0.2, -0.15) is 0 Å². The fraction of sp³-hybridized carbons (Fsp3) is 1.00. The molecule has 2 unspecified atom stereocenters. The van der Waals surface area contributed by atoms with E-state index in [0.717, 1.165) is 25.8 Å². The predicted octanol–water partition coefficient (Wildman–Crippen LogP) is -0.186. The first-order valence-electron chi connectivity index (χ1n) is 6.63. The minimum atomic E-state index is -4.05. The second kappa shape index (κ2) is 7.77. The second-order valence-corrected chi connectivity index (χ2v) is 6.85. The third-order valence-corrected chi connectivity index (χ3v) is 4.33. The largest absolute Gasteiger partial charge is 0.390 e. The van der Waals surface area contributed by atoms with Crippen molar-refractivity contribution in [3.8, 4) is 0 Å². The lowest BCUT2D eigenvalue weighted by molar-refractivity contribution is 0.0288. The molecular weight excluding hydrogens is 268 g/mol. The van der Waals surface area contributed by atoms with Crippen LogP contribution in [-0.4, -0.2) is 60.7 Å². The van der Waals surface area contributed by atoms with Gasteiger partial charge in [-0.15, -0.1) is 0 Å². The van der Waals surface area contributed by atoms with Gasteiger partial charge in [0.2, 0.25) is 0 Å². The first-order valence-corrected chi connectivity index (χ1v) is 8.43. The summed E-state index contributed by atoms with van der Waals surface area (Å²) in [5.41, 5.74) is 0. The van der Waals surface area contributed by atoms with E-state index in [0.29, 0.717) is 0 Å². The van der Waals surface area contributed by atoms with Crippen molar-refractivity contribution in [3.63, 3.8) is 0 Å². The number of nitrogens with one attached hydrogen (secondary N) is 1. The van der Waals surface area contributed by atoms with E-state index in [1.54, 1.807) is 0 Å². The predicted molar refractivity (Wildman–Crippen MR) is 73.2 cm³/mol. The number of ether oxygens (including phenoxy) is 1. The smallest absolute Gasteiger partial charge is 0.325 e. The van der Waals surface area contributed by atoms with Crippen LogP contribution in [0.4, 0.5) is 0 Å². The van der Waals surface area contributed by atoms with E-state index in [-0.39, 0.29) is 18.5 Å². The van der Waals surface area contributed by atoms with Crippen molar-refractivity contribution >= 4 is 15.4 Å². The number of unbranched alkanes of at least 4 members (excludes halogenated alkanes) is 1. The minimum Gasteiger partial charge on any atom is -0.390 e. The Morgan fingerprint density at radius 1 is 1.32 bits per heavy atom. The monoisotopic (exact) mass is 291 g/mol. The van der Waals surface area contributed by atoms with E-state index in [1.807, 2.05) is 7.05 Å². The highest BCUT2D eigenvalue weighted by atomic mass is 31.2. The molecule has 0 aliphatic carbocycles. The molecule has 8 heteroatoms. The number of aliphatic hydroxyl groups excluding tert-OH is 1.